The highest BCUT2D eigenvalue weighted by Crippen LogP contribution is 2.52. The fourth-order valence-corrected chi connectivity index (χ4v) is 5.76. The lowest BCUT2D eigenvalue weighted by atomic mass is 9.93. The topological polar surface area (TPSA) is 177 Å². The maximum atomic E-state index is 13.9. The number of phosphoric acid groups is 1. The molecule has 2 aromatic heterocycles. The number of aliphatic hydroxyl groups is 2. The number of ether oxygens (including phenoxy) is 2. The lowest BCUT2D eigenvalue weighted by Gasteiger charge is -2.27. The van der Waals surface area contributed by atoms with Crippen LogP contribution in [0.4, 0.5) is 5.82 Å². The number of carbonyl (C=O) groups is 1. The van der Waals surface area contributed by atoms with Crippen LogP contribution in [-0.4, -0.2) is 62.5 Å². The Morgan fingerprint density at radius 3 is 2.62 bits per heavy atom. The zero-order valence-electron chi connectivity index (χ0n) is 23.5. The van der Waals surface area contributed by atoms with Gasteiger partial charge in [0, 0.05) is 5.39 Å². The molecule has 0 aliphatic carbocycles. The smallest absolute Gasteiger partial charge is 0.437 e. The average molecular weight is 601 g/mol. The molecule has 42 heavy (non-hydrogen) atoms. The summed E-state index contributed by atoms with van der Waals surface area (Å²) >= 11 is 0. The van der Waals surface area contributed by atoms with Crippen LogP contribution in [0.5, 0.6) is 5.75 Å². The number of aromatic nitrogens is 3. The van der Waals surface area contributed by atoms with E-state index < -0.39 is 56.5 Å². The van der Waals surface area contributed by atoms with Crippen molar-refractivity contribution in [3.8, 4) is 5.75 Å². The zero-order valence-corrected chi connectivity index (χ0v) is 24.4. The summed E-state index contributed by atoms with van der Waals surface area (Å²) in [5.74, 6) is -0.159. The minimum Gasteiger partial charge on any atom is -0.437 e. The lowest BCUT2D eigenvalue weighted by Crippen LogP contribution is -2.39. The largest absolute Gasteiger partial charge is 0.533 e. The first-order chi connectivity index (χ1) is 19.8. The SMILES string of the molecule is CC(C)(C)C(=O)OCOP(=O)(OC[C@H]1O[C@@](C)(c2ccc3c(N)ncnn23)[C@H](O)[C@@H]1O)Oc1cccc2ccccc12. The number of esters is 1. The van der Waals surface area contributed by atoms with Gasteiger partial charge in [0.2, 0.25) is 6.79 Å². The van der Waals surface area contributed by atoms with Crippen LogP contribution in [-0.2, 0) is 33.5 Å². The summed E-state index contributed by atoms with van der Waals surface area (Å²) in [6, 6.07) is 15.8. The first-order valence-corrected chi connectivity index (χ1v) is 14.6. The molecule has 3 heterocycles. The molecular formula is C28H33N4O9P. The Morgan fingerprint density at radius 1 is 1.12 bits per heavy atom. The van der Waals surface area contributed by atoms with Crippen molar-refractivity contribution >= 4 is 35.9 Å². The van der Waals surface area contributed by atoms with E-state index in [1.165, 1.54) is 10.8 Å². The van der Waals surface area contributed by atoms with E-state index in [2.05, 4.69) is 10.1 Å². The number of hydrogen-bond donors (Lipinski definition) is 3. The van der Waals surface area contributed by atoms with E-state index in [-0.39, 0.29) is 11.6 Å². The maximum absolute atomic E-state index is 13.9. The van der Waals surface area contributed by atoms with Gasteiger partial charge in [-0.3, -0.25) is 9.32 Å². The molecule has 2 aromatic carbocycles. The van der Waals surface area contributed by atoms with Gasteiger partial charge in [-0.25, -0.2) is 18.6 Å². The summed E-state index contributed by atoms with van der Waals surface area (Å²) in [5, 5.41) is 27.6. The van der Waals surface area contributed by atoms with Crippen LogP contribution < -0.4 is 10.3 Å². The van der Waals surface area contributed by atoms with Gasteiger partial charge < -0.3 is 29.9 Å². The fourth-order valence-electron chi connectivity index (χ4n) is 4.67. The maximum Gasteiger partial charge on any atom is 0.533 e. The predicted octanol–water partition coefficient (Wildman–Crippen LogP) is 3.57. The molecule has 224 valence electrons. The monoisotopic (exact) mass is 600 g/mol. The number of fused-ring (bicyclic) bond motifs is 2. The Balaban J connectivity index is 1.37. The van der Waals surface area contributed by atoms with E-state index in [9.17, 15) is 19.6 Å². The standard InChI is InChI=1S/C28H33N4O9P/c1-27(2,3)26(35)37-16-39-42(36,41-20-11-7-9-17-8-5-6-10-18(17)20)38-14-21-23(33)24(34)28(4,40-21)22-13-12-19-25(29)30-15-31-32(19)22/h5-13,15,21,23-24,33-34H,14,16H2,1-4H3,(H2,29,30,31)/t21-,23-,24-,28+,42?/m1/s1. The van der Waals surface area contributed by atoms with E-state index in [1.54, 1.807) is 64.1 Å². The number of phosphoric ester groups is 1. The molecule has 14 heteroatoms. The third kappa shape index (κ3) is 5.71. The summed E-state index contributed by atoms with van der Waals surface area (Å²) in [7, 11) is -4.49. The van der Waals surface area contributed by atoms with Gasteiger partial charge in [0.1, 0.15) is 41.5 Å². The molecule has 4 aromatic rings. The van der Waals surface area contributed by atoms with E-state index in [1.807, 2.05) is 18.2 Å². The second kappa shape index (κ2) is 11.3. The Labute approximate surface area is 241 Å². The number of rotatable bonds is 9. The Morgan fingerprint density at radius 2 is 1.86 bits per heavy atom. The van der Waals surface area contributed by atoms with Gasteiger partial charge in [-0.05, 0) is 51.3 Å². The van der Waals surface area contributed by atoms with Gasteiger partial charge in [0.15, 0.2) is 5.82 Å². The average Bonchev–Trinajstić information content (AvgIpc) is 3.48. The van der Waals surface area contributed by atoms with Gasteiger partial charge in [-0.2, -0.15) is 5.10 Å². The molecule has 1 fully saturated rings. The molecule has 0 radical (unpaired) electrons. The summed E-state index contributed by atoms with van der Waals surface area (Å²) in [5.41, 5.74) is 4.55. The van der Waals surface area contributed by atoms with Gasteiger partial charge >= 0.3 is 13.8 Å². The molecule has 1 saturated heterocycles. The van der Waals surface area contributed by atoms with E-state index in [0.29, 0.717) is 16.6 Å². The zero-order chi connectivity index (χ0) is 30.3. The third-order valence-corrected chi connectivity index (χ3v) is 8.33. The minimum atomic E-state index is -4.49. The van der Waals surface area contributed by atoms with Crippen LogP contribution in [0.3, 0.4) is 0 Å². The van der Waals surface area contributed by atoms with Gasteiger partial charge in [-0.1, -0.05) is 36.4 Å². The second-order valence-electron chi connectivity index (χ2n) is 11.1. The van der Waals surface area contributed by atoms with E-state index >= 15 is 0 Å². The fraction of sp³-hybridized carbons (Fsp3) is 0.393. The molecule has 1 aliphatic rings. The molecule has 5 atom stereocenters. The highest BCUT2D eigenvalue weighted by Gasteiger charge is 2.54. The first-order valence-electron chi connectivity index (χ1n) is 13.2. The van der Waals surface area contributed by atoms with Crippen LogP contribution >= 0.6 is 7.82 Å². The number of nitrogen functional groups attached to an aromatic ring is 1. The first kappa shape index (κ1) is 29.9. The summed E-state index contributed by atoms with van der Waals surface area (Å²) in [6.07, 6.45) is -2.78. The van der Waals surface area contributed by atoms with Crippen molar-refractivity contribution in [1.82, 2.24) is 14.6 Å². The second-order valence-corrected chi connectivity index (χ2v) is 12.7. The number of hydrogen-bond acceptors (Lipinski definition) is 12. The highest BCUT2D eigenvalue weighted by molar-refractivity contribution is 7.48. The molecule has 1 aliphatic heterocycles. The number of benzene rings is 2. The Bertz CT molecular complexity index is 1650. The van der Waals surface area contributed by atoms with Gasteiger partial charge in [0.25, 0.3) is 0 Å². The third-order valence-electron chi connectivity index (χ3n) is 7.03. The number of anilines is 1. The van der Waals surface area contributed by atoms with Crippen molar-refractivity contribution in [2.24, 2.45) is 5.41 Å². The van der Waals surface area contributed by atoms with Crippen molar-refractivity contribution in [3.63, 3.8) is 0 Å². The van der Waals surface area contributed by atoms with Crippen molar-refractivity contribution in [3.05, 3.63) is 66.6 Å². The number of aliphatic hydroxyl groups excluding tert-OH is 2. The molecule has 0 spiro atoms. The van der Waals surface area contributed by atoms with Crippen molar-refractivity contribution in [2.75, 3.05) is 19.1 Å². The molecule has 13 nitrogen and oxygen atoms in total. The molecule has 0 saturated carbocycles. The van der Waals surface area contributed by atoms with E-state index in [4.69, 9.17) is 28.8 Å². The van der Waals surface area contributed by atoms with Crippen LogP contribution in [0, 0.1) is 5.41 Å². The summed E-state index contributed by atoms with van der Waals surface area (Å²) in [6.45, 7) is 5.33. The molecule has 0 amide bonds. The van der Waals surface area contributed by atoms with Gasteiger partial charge in [0.05, 0.1) is 17.7 Å². The van der Waals surface area contributed by atoms with Crippen LogP contribution in [0.2, 0.25) is 0 Å². The van der Waals surface area contributed by atoms with Crippen molar-refractivity contribution in [1.29, 1.82) is 0 Å². The number of nitrogens with two attached hydrogens (primary N) is 1. The summed E-state index contributed by atoms with van der Waals surface area (Å²) in [4.78, 5) is 16.2. The Kier molecular flexibility index (Phi) is 8.01. The number of carbonyl (C=O) groups excluding carboxylic acids is 1. The lowest BCUT2D eigenvalue weighted by molar-refractivity contribution is -0.160. The predicted molar refractivity (Wildman–Crippen MR) is 151 cm³/mol. The van der Waals surface area contributed by atoms with Crippen LogP contribution in [0.15, 0.2) is 60.9 Å². The molecular weight excluding hydrogens is 567 g/mol. The van der Waals surface area contributed by atoms with Gasteiger partial charge in [-0.15, -0.1) is 0 Å². The minimum absolute atomic E-state index is 0.202. The highest BCUT2D eigenvalue weighted by atomic mass is 31.2. The molecule has 4 N–H and O–H groups in total. The normalized spacial score (nSPS) is 24.1. The molecule has 1 unspecified atom stereocenters. The molecule has 5 rings (SSSR count). The molecule has 0 bridgehead atoms. The quantitative estimate of drug-likeness (QED) is 0.145. The summed E-state index contributed by atoms with van der Waals surface area (Å²) < 4.78 is 43.4. The van der Waals surface area contributed by atoms with Crippen molar-refractivity contribution < 1.29 is 42.6 Å². The van der Waals surface area contributed by atoms with E-state index in [0.717, 1.165) is 5.39 Å². The van der Waals surface area contributed by atoms with Crippen molar-refractivity contribution in [2.45, 2.75) is 51.6 Å². The Hall–Kier alpha value is -3.58. The van der Waals surface area contributed by atoms with Crippen LogP contribution in [0.25, 0.3) is 16.3 Å². The number of nitrogens with zero attached hydrogens (tertiary/aromatic N) is 3. The van der Waals surface area contributed by atoms with Crippen LogP contribution in [0.1, 0.15) is 33.4 Å².